The van der Waals surface area contributed by atoms with Crippen molar-refractivity contribution in [2.75, 3.05) is 0 Å². The van der Waals surface area contributed by atoms with E-state index in [-0.39, 0.29) is 11.8 Å². The Morgan fingerprint density at radius 3 is 2.00 bits per heavy atom. The second-order valence-electron chi connectivity index (χ2n) is 7.54. The summed E-state index contributed by atoms with van der Waals surface area (Å²) in [6.07, 6.45) is 0.308. The van der Waals surface area contributed by atoms with Crippen molar-refractivity contribution in [2.24, 2.45) is 11.8 Å². The number of rotatable bonds is 8. The molecule has 0 spiro atoms. The first kappa shape index (κ1) is 22.2. The molecule has 0 unspecified atom stereocenters. The molecular formula is C17H32N2O5. The third-order valence-electron chi connectivity index (χ3n) is 3.49. The predicted molar refractivity (Wildman–Crippen MR) is 91.6 cm³/mol. The van der Waals surface area contributed by atoms with Gasteiger partial charge < -0.3 is 20.5 Å². The van der Waals surface area contributed by atoms with Gasteiger partial charge in [-0.25, -0.2) is 9.59 Å². The van der Waals surface area contributed by atoms with Gasteiger partial charge in [-0.3, -0.25) is 4.79 Å². The van der Waals surface area contributed by atoms with Gasteiger partial charge in [0.25, 0.3) is 0 Å². The van der Waals surface area contributed by atoms with E-state index in [9.17, 15) is 19.5 Å². The first-order chi connectivity index (χ1) is 10.9. The predicted octanol–water partition coefficient (Wildman–Crippen LogP) is 2.54. The van der Waals surface area contributed by atoms with E-state index >= 15 is 0 Å². The number of amides is 2. The topological polar surface area (TPSA) is 105 Å². The van der Waals surface area contributed by atoms with Crippen molar-refractivity contribution < 1.29 is 24.2 Å². The SMILES string of the molecule is CC[C@H](C)[C@H](NC(=O)[C@H](CC(C)C)NC(=O)OC(C)(C)C)C(=O)O. The minimum absolute atomic E-state index is 0.141. The molecule has 0 aliphatic rings. The summed E-state index contributed by atoms with van der Waals surface area (Å²) in [5, 5.41) is 14.4. The van der Waals surface area contributed by atoms with Crippen molar-refractivity contribution in [3.05, 3.63) is 0 Å². The van der Waals surface area contributed by atoms with Crippen molar-refractivity contribution in [1.29, 1.82) is 0 Å². The van der Waals surface area contributed by atoms with Gasteiger partial charge in [-0.1, -0.05) is 34.1 Å². The van der Waals surface area contributed by atoms with Gasteiger partial charge >= 0.3 is 12.1 Å². The highest BCUT2D eigenvalue weighted by molar-refractivity contribution is 5.89. The van der Waals surface area contributed by atoms with E-state index in [1.54, 1.807) is 27.7 Å². The van der Waals surface area contributed by atoms with Crippen molar-refractivity contribution in [2.45, 2.75) is 79.0 Å². The van der Waals surface area contributed by atoms with Gasteiger partial charge in [-0.05, 0) is 39.0 Å². The average Bonchev–Trinajstić information content (AvgIpc) is 2.39. The lowest BCUT2D eigenvalue weighted by atomic mass is 9.97. The summed E-state index contributed by atoms with van der Waals surface area (Å²) in [7, 11) is 0. The molecule has 3 atom stereocenters. The van der Waals surface area contributed by atoms with Crippen LogP contribution < -0.4 is 10.6 Å². The molecule has 0 radical (unpaired) electrons. The number of ether oxygens (including phenoxy) is 1. The quantitative estimate of drug-likeness (QED) is 0.627. The summed E-state index contributed by atoms with van der Waals surface area (Å²) >= 11 is 0. The van der Waals surface area contributed by atoms with Crippen LogP contribution in [0.25, 0.3) is 0 Å². The van der Waals surface area contributed by atoms with E-state index in [4.69, 9.17) is 4.74 Å². The Hall–Kier alpha value is -1.79. The lowest BCUT2D eigenvalue weighted by Crippen LogP contribution is -2.54. The number of carboxylic acids is 1. The number of alkyl carbamates (subject to hydrolysis) is 1. The number of hydrogen-bond acceptors (Lipinski definition) is 4. The zero-order chi connectivity index (χ0) is 19.1. The molecule has 0 heterocycles. The zero-order valence-electron chi connectivity index (χ0n) is 15.8. The number of hydrogen-bond donors (Lipinski definition) is 3. The minimum Gasteiger partial charge on any atom is -0.480 e. The molecule has 0 saturated carbocycles. The molecule has 0 saturated heterocycles. The Balaban J connectivity index is 5.05. The highest BCUT2D eigenvalue weighted by atomic mass is 16.6. The average molecular weight is 344 g/mol. The van der Waals surface area contributed by atoms with Crippen LogP contribution in [0, 0.1) is 11.8 Å². The van der Waals surface area contributed by atoms with Crippen LogP contribution in [0.5, 0.6) is 0 Å². The Morgan fingerprint density at radius 2 is 1.62 bits per heavy atom. The van der Waals surface area contributed by atoms with E-state index < -0.39 is 35.7 Å². The van der Waals surface area contributed by atoms with Crippen LogP contribution >= 0.6 is 0 Å². The van der Waals surface area contributed by atoms with E-state index in [1.807, 2.05) is 20.8 Å². The molecule has 0 rings (SSSR count). The van der Waals surface area contributed by atoms with Crippen LogP contribution in [0.3, 0.4) is 0 Å². The molecule has 140 valence electrons. The maximum atomic E-state index is 12.5. The fourth-order valence-corrected chi connectivity index (χ4v) is 2.09. The molecule has 24 heavy (non-hydrogen) atoms. The molecule has 7 nitrogen and oxygen atoms in total. The molecular weight excluding hydrogens is 312 g/mol. The lowest BCUT2D eigenvalue weighted by molar-refractivity contribution is -0.143. The highest BCUT2D eigenvalue weighted by Gasteiger charge is 2.30. The Kier molecular flexibility index (Phi) is 8.78. The first-order valence-electron chi connectivity index (χ1n) is 8.40. The largest absolute Gasteiger partial charge is 0.480 e. The van der Waals surface area contributed by atoms with Crippen LogP contribution in [-0.2, 0) is 14.3 Å². The van der Waals surface area contributed by atoms with Gasteiger partial charge in [0.05, 0.1) is 0 Å². The van der Waals surface area contributed by atoms with E-state index in [2.05, 4.69) is 10.6 Å². The van der Waals surface area contributed by atoms with Gasteiger partial charge in [0.2, 0.25) is 5.91 Å². The van der Waals surface area contributed by atoms with Gasteiger partial charge in [-0.15, -0.1) is 0 Å². The van der Waals surface area contributed by atoms with Crippen LogP contribution in [-0.4, -0.2) is 40.8 Å². The highest BCUT2D eigenvalue weighted by Crippen LogP contribution is 2.12. The number of carbonyl (C=O) groups excluding carboxylic acids is 2. The maximum Gasteiger partial charge on any atom is 0.408 e. The molecule has 0 aliphatic carbocycles. The molecule has 0 aromatic rings. The molecule has 0 aromatic heterocycles. The smallest absolute Gasteiger partial charge is 0.408 e. The molecule has 3 N–H and O–H groups in total. The summed E-state index contributed by atoms with van der Waals surface area (Å²) in [5.41, 5.74) is -0.677. The molecule has 7 heteroatoms. The summed E-state index contributed by atoms with van der Waals surface area (Å²) in [5.74, 6) is -1.67. The van der Waals surface area contributed by atoms with Gasteiger partial charge in [-0.2, -0.15) is 0 Å². The monoisotopic (exact) mass is 344 g/mol. The molecule has 2 amide bonds. The van der Waals surface area contributed by atoms with Crippen LogP contribution in [0.4, 0.5) is 4.79 Å². The Morgan fingerprint density at radius 1 is 1.08 bits per heavy atom. The third-order valence-corrected chi connectivity index (χ3v) is 3.49. The van der Waals surface area contributed by atoms with E-state index in [1.165, 1.54) is 0 Å². The fraction of sp³-hybridized carbons (Fsp3) is 0.824. The van der Waals surface area contributed by atoms with E-state index in [0.717, 1.165) is 0 Å². The summed E-state index contributed by atoms with van der Waals surface area (Å²) < 4.78 is 5.17. The van der Waals surface area contributed by atoms with Crippen LogP contribution in [0.1, 0.15) is 61.3 Å². The standard InChI is InChI=1S/C17H32N2O5/c1-8-11(4)13(15(21)22)19-14(20)12(9-10(2)3)18-16(23)24-17(5,6)7/h10-13H,8-9H2,1-7H3,(H,18,23)(H,19,20)(H,21,22)/t11-,12-,13-/m0/s1. The van der Waals surface area contributed by atoms with Gasteiger partial charge in [0.1, 0.15) is 17.7 Å². The number of carbonyl (C=O) groups is 3. The first-order valence-corrected chi connectivity index (χ1v) is 8.40. The Labute approximate surface area is 144 Å². The number of nitrogens with one attached hydrogen (secondary N) is 2. The third kappa shape index (κ3) is 8.74. The molecule has 0 fully saturated rings. The minimum atomic E-state index is -1.08. The normalized spacial score (nSPS) is 15.3. The van der Waals surface area contributed by atoms with Crippen LogP contribution in [0.2, 0.25) is 0 Å². The van der Waals surface area contributed by atoms with E-state index in [0.29, 0.717) is 12.8 Å². The lowest BCUT2D eigenvalue weighted by Gasteiger charge is -2.26. The fourth-order valence-electron chi connectivity index (χ4n) is 2.09. The summed E-state index contributed by atoms with van der Waals surface area (Å²) in [4.78, 5) is 35.8. The number of aliphatic carboxylic acids is 1. The second-order valence-corrected chi connectivity index (χ2v) is 7.54. The van der Waals surface area contributed by atoms with Gasteiger partial charge in [0.15, 0.2) is 0 Å². The number of carboxylic acid groups (broad SMARTS) is 1. The maximum absolute atomic E-state index is 12.5. The molecule has 0 bridgehead atoms. The van der Waals surface area contributed by atoms with Crippen molar-refractivity contribution in [1.82, 2.24) is 10.6 Å². The molecule has 0 aromatic carbocycles. The van der Waals surface area contributed by atoms with Crippen molar-refractivity contribution in [3.8, 4) is 0 Å². The van der Waals surface area contributed by atoms with Gasteiger partial charge in [0, 0.05) is 0 Å². The molecule has 0 aliphatic heterocycles. The zero-order valence-corrected chi connectivity index (χ0v) is 15.8. The Bertz CT molecular complexity index is 443. The summed E-state index contributed by atoms with van der Waals surface area (Å²) in [6, 6.07) is -1.83. The van der Waals surface area contributed by atoms with Crippen molar-refractivity contribution in [3.63, 3.8) is 0 Å². The van der Waals surface area contributed by atoms with Crippen molar-refractivity contribution >= 4 is 18.0 Å². The van der Waals surface area contributed by atoms with Crippen LogP contribution in [0.15, 0.2) is 0 Å². The summed E-state index contributed by atoms with van der Waals surface area (Å²) in [6.45, 7) is 12.6. The second kappa shape index (κ2) is 9.49.